The number of fused-ring (bicyclic) bond motifs is 1. The van der Waals surface area contributed by atoms with E-state index in [1.807, 2.05) is 0 Å². The number of nitrogens with one attached hydrogen (secondary N) is 1. The molecule has 0 saturated heterocycles. The molecular weight excluding hydrogens is 302 g/mol. The maximum Gasteiger partial charge on any atom is 0.138 e. The number of aryl methyl sites for hydroxylation is 2. The lowest BCUT2D eigenvalue weighted by Crippen LogP contribution is -2.44. The highest BCUT2D eigenvalue weighted by Gasteiger charge is 2.35. The first-order chi connectivity index (χ1) is 10.0. The summed E-state index contributed by atoms with van der Waals surface area (Å²) in [6.07, 6.45) is 6.43. The molecule has 0 aromatic carbocycles. The minimum absolute atomic E-state index is 0.0250. The first kappa shape index (κ1) is 15.0. The molecule has 3 rings (SSSR count). The molecular formula is C16H22ClN3S. The highest BCUT2D eigenvalue weighted by atomic mass is 35.5. The van der Waals surface area contributed by atoms with Gasteiger partial charge in [0.15, 0.2) is 0 Å². The van der Waals surface area contributed by atoms with Gasteiger partial charge in [-0.25, -0.2) is 9.97 Å². The average Bonchev–Trinajstić information content (AvgIpc) is 2.75. The van der Waals surface area contributed by atoms with Crippen molar-refractivity contribution in [1.82, 2.24) is 9.97 Å². The van der Waals surface area contributed by atoms with E-state index in [0.717, 1.165) is 23.5 Å². The number of halogens is 1. The Labute approximate surface area is 135 Å². The monoisotopic (exact) mass is 323 g/mol. The summed E-state index contributed by atoms with van der Waals surface area (Å²) in [5.41, 5.74) is 1.26. The normalized spacial score (nSPS) is 26.2. The molecule has 1 saturated carbocycles. The molecule has 114 valence electrons. The van der Waals surface area contributed by atoms with E-state index in [2.05, 4.69) is 36.1 Å². The maximum absolute atomic E-state index is 6.35. The van der Waals surface area contributed by atoms with Crippen LogP contribution < -0.4 is 5.32 Å². The molecule has 2 aromatic heterocycles. The third kappa shape index (κ3) is 2.76. The Kier molecular flexibility index (Phi) is 4.10. The zero-order valence-corrected chi connectivity index (χ0v) is 14.4. The number of aromatic nitrogens is 2. The Bertz CT molecular complexity index is 654. The lowest BCUT2D eigenvalue weighted by molar-refractivity contribution is 0.279. The van der Waals surface area contributed by atoms with Crippen LogP contribution in [0.5, 0.6) is 0 Å². The quantitative estimate of drug-likeness (QED) is 0.816. The minimum atomic E-state index is -0.0250. The van der Waals surface area contributed by atoms with Crippen LogP contribution in [-0.2, 0) is 0 Å². The molecule has 1 N–H and O–H groups in total. The van der Waals surface area contributed by atoms with Crippen LogP contribution in [0.4, 0.5) is 5.82 Å². The van der Waals surface area contributed by atoms with Crippen molar-refractivity contribution in [2.45, 2.75) is 52.0 Å². The molecule has 3 nitrogen and oxygen atoms in total. The zero-order valence-electron chi connectivity index (χ0n) is 12.9. The number of alkyl halides is 1. The van der Waals surface area contributed by atoms with Crippen LogP contribution in [0.25, 0.3) is 10.2 Å². The van der Waals surface area contributed by atoms with Crippen molar-refractivity contribution in [3.8, 4) is 0 Å². The molecule has 0 aliphatic heterocycles. The Morgan fingerprint density at radius 1 is 1.43 bits per heavy atom. The highest BCUT2D eigenvalue weighted by molar-refractivity contribution is 7.18. The molecule has 2 atom stereocenters. The lowest BCUT2D eigenvalue weighted by atomic mass is 9.77. The smallest absolute Gasteiger partial charge is 0.138 e. The fraction of sp³-hybridized carbons (Fsp3) is 0.625. The molecule has 1 aliphatic carbocycles. The van der Waals surface area contributed by atoms with Gasteiger partial charge in [-0.05, 0) is 38.2 Å². The first-order valence-electron chi connectivity index (χ1n) is 7.59. The average molecular weight is 324 g/mol. The van der Waals surface area contributed by atoms with E-state index in [4.69, 9.17) is 11.6 Å². The predicted molar refractivity (Wildman–Crippen MR) is 91.6 cm³/mol. The van der Waals surface area contributed by atoms with Gasteiger partial charge in [0.25, 0.3) is 0 Å². The summed E-state index contributed by atoms with van der Waals surface area (Å²) in [6.45, 7) is 6.61. The SMILES string of the molecule is Cc1sc2ncnc(NC3(CCl)CCCC(C)C3)c2c1C. The third-order valence-corrected chi connectivity index (χ3v) is 6.32. The molecule has 0 amide bonds. The largest absolute Gasteiger partial charge is 0.363 e. The van der Waals surface area contributed by atoms with Crippen LogP contribution in [0.1, 0.15) is 43.0 Å². The Morgan fingerprint density at radius 3 is 2.95 bits per heavy atom. The van der Waals surface area contributed by atoms with Gasteiger partial charge in [0.1, 0.15) is 17.0 Å². The van der Waals surface area contributed by atoms with Crippen molar-refractivity contribution < 1.29 is 0 Å². The van der Waals surface area contributed by atoms with Gasteiger partial charge in [-0.3, -0.25) is 0 Å². The Hall–Kier alpha value is -0.870. The molecule has 5 heteroatoms. The molecule has 1 fully saturated rings. The second kappa shape index (κ2) is 5.73. The van der Waals surface area contributed by atoms with Crippen LogP contribution in [-0.4, -0.2) is 21.4 Å². The van der Waals surface area contributed by atoms with Crippen LogP contribution >= 0.6 is 22.9 Å². The fourth-order valence-electron chi connectivity index (χ4n) is 3.46. The highest BCUT2D eigenvalue weighted by Crippen LogP contribution is 2.39. The van der Waals surface area contributed by atoms with Crippen molar-refractivity contribution >= 4 is 39.0 Å². The molecule has 0 spiro atoms. The van der Waals surface area contributed by atoms with Crippen molar-refractivity contribution in [2.75, 3.05) is 11.2 Å². The van der Waals surface area contributed by atoms with Gasteiger partial charge in [-0.15, -0.1) is 22.9 Å². The van der Waals surface area contributed by atoms with Crippen LogP contribution in [0, 0.1) is 19.8 Å². The van der Waals surface area contributed by atoms with Crippen molar-refractivity contribution in [2.24, 2.45) is 5.92 Å². The van der Waals surface area contributed by atoms with Gasteiger partial charge in [-0.2, -0.15) is 0 Å². The summed E-state index contributed by atoms with van der Waals surface area (Å²) < 4.78 is 0. The second-order valence-corrected chi connectivity index (χ2v) is 7.90. The first-order valence-corrected chi connectivity index (χ1v) is 8.94. The van der Waals surface area contributed by atoms with Crippen molar-refractivity contribution in [3.63, 3.8) is 0 Å². The number of rotatable bonds is 3. The summed E-state index contributed by atoms with van der Waals surface area (Å²) in [5, 5.41) is 4.86. The Morgan fingerprint density at radius 2 is 2.24 bits per heavy atom. The number of anilines is 1. The molecule has 2 unspecified atom stereocenters. The van der Waals surface area contributed by atoms with Gasteiger partial charge in [-0.1, -0.05) is 19.8 Å². The fourth-order valence-corrected chi connectivity index (χ4v) is 4.76. The number of hydrogen-bond acceptors (Lipinski definition) is 4. The van der Waals surface area contributed by atoms with Crippen molar-refractivity contribution in [1.29, 1.82) is 0 Å². The standard InChI is InChI=1S/C16H22ClN3S/c1-10-5-4-6-16(7-10,8-17)20-14-13-11(2)12(3)21-15(13)19-9-18-14/h9-10H,4-8H2,1-3H3,(H,18,19,20). The lowest BCUT2D eigenvalue weighted by Gasteiger charge is -2.40. The van der Waals surface area contributed by atoms with E-state index >= 15 is 0 Å². The molecule has 2 aromatic rings. The third-order valence-electron chi connectivity index (χ3n) is 4.70. The minimum Gasteiger partial charge on any atom is -0.363 e. The van der Waals surface area contributed by atoms with Crippen LogP contribution in [0.3, 0.4) is 0 Å². The van der Waals surface area contributed by atoms with E-state index in [9.17, 15) is 0 Å². The van der Waals surface area contributed by atoms with Gasteiger partial charge in [0.05, 0.1) is 10.9 Å². The zero-order chi connectivity index (χ0) is 15.0. The van der Waals surface area contributed by atoms with E-state index in [0.29, 0.717) is 11.8 Å². The number of thiophene rings is 1. The van der Waals surface area contributed by atoms with E-state index in [1.54, 1.807) is 17.7 Å². The molecule has 21 heavy (non-hydrogen) atoms. The Balaban J connectivity index is 2.00. The van der Waals surface area contributed by atoms with Crippen LogP contribution in [0.2, 0.25) is 0 Å². The van der Waals surface area contributed by atoms with Gasteiger partial charge < -0.3 is 5.32 Å². The predicted octanol–water partition coefficient (Wildman–Crippen LogP) is 4.91. The second-order valence-electron chi connectivity index (χ2n) is 6.43. The maximum atomic E-state index is 6.35. The summed E-state index contributed by atoms with van der Waals surface area (Å²) in [6, 6.07) is 0. The van der Waals surface area contributed by atoms with Gasteiger partial charge in [0.2, 0.25) is 0 Å². The summed E-state index contributed by atoms with van der Waals surface area (Å²) in [7, 11) is 0. The van der Waals surface area contributed by atoms with Crippen LogP contribution in [0.15, 0.2) is 6.33 Å². The topological polar surface area (TPSA) is 37.8 Å². The van der Waals surface area contributed by atoms with Crippen molar-refractivity contribution in [3.05, 3.63) is 16.8 Å². The molecule has 0 bridgehead atoms. The van der Waals surface area contributed by atoms with E-state index in [-0.39, 0.29) is 5.54 Å². The van der Waals surface area contributed by atoms with E-state index in [1.165, 1.54) is 28.7 Å². The molecule has 0 radical (unpaired) electrons. The number of hydrogen-bond donors (Lipinski definition) is 1. The summed E-state index contributed by atoms with van der Waals surface area (Å²) >= 11 is 8.08. The summed E-state index contributed by atoms with van der Waals surface area (Å²) in [5.74, 6) is 2.30. The number of nitrogens with zero attached hydrogens (tertiary/aromatic N) is 2. The van der Waals surface area contributed by atoms with Gasteiger partial charge in [0, 0.05) is 10.8 Å². The van der Waals surface area contributed by atoms with E-state index < -0.39 is 0 Å². The molecule has 2 heterocycles. The summed E-state index contributed by atoms with van der Waals surface area (Å²) in [4.78, 5) is 11.3. The molecule has 1 aliphatic rings. The van der Waals surface area contributed by atoms with Gasteiger partial charge >= 0.3 is 0 Å².